The molecule has 2 aromatic carbocycles. The summed E-state index contributed by atoms with van der Waals surface area (Å²) >= 11 is 0. The van der Waals surface area contributed by atoms with Gasteiger partial charge >= 0.3 is 0 Å². The Bertz CT molecular complexity index is 747. The Morgan fingerprint density at radius 3 is 2.42 bits per heavy atom. The summed E-state index contributed by atoms with van der Waals surface area (Å²) in [7, 11) is 3.88. The number of benzene rings is 2. The SMILES string of the molecule is Cc1ccc(OCC(=O)N(CCN(C)C)Cc2ccccc2F)cc1C. The van der Waals surface area contributed by atoms with E-state index in [9.17, 15) is 9.18 Å². The van der Waals surface area contributed by atoms with Gasteiger partial charge in [0.15, 0.2) is 6.61 Å². The maximum absolute atomic E-state index is 14.0. The van der Waals surface area contributed by atoms with Crippen molar-refractivity contribution in [1.82, 2.24) is 9.80 Å². The van der Waals surface area contributed by atoms with E-state index in [2.05, 4.69) is 0 Å². The summed E-state index contributed by atoms with van der Waals surface area (Å²) in [4.78, 5) is 16.3. The predicted octanol–water partition coefficient (Wildman–Crippen LogP) is 3.41. The van der Waals surface area contributed by atoms with Gasteiger partial charge in [-0.1, -0.05) is 24.3 Å². The van der Waals surface area contributed by atoms with Crippen molar-refractivity contribution in [1.29, 1.82) is 0 Å². The van der Waals surface area contributed by atoms with E-state index in [1.54, 1.807) is 23.1 Å². The van der Waals surface area contributed by atoms with Gasteiger partial charge in [-0.3, -0.25) is 4.79 Å². The molecule has 0 saturated carbocycles. The molecule has 0 spiro atoms. The first-order valence-corrected chi connectivity index (χ1v) is 8.73. The molecule has 1 amide bonds. The Hall–Kier alpha value is -2.40. The Balaban J connectivity index is 2.04. The maximum atomic E-state index is 14.0. The molecule has 140 valence electrons. The number of carbonyl (C=O) groups excluding carboxylic acids is 1. The van der Waals surface area contributed by atoms with E-state index in [0.29, 0.717) is 24.4 Å². The number of halogens is 1. The maximum Gasteiger partial charge on any atom is 0.260 e. The van der Waals surface area contributed by atoms with Crippen LogP contribution in [0.2, 0.25) is 0 Å². The third-order valence-corrected chi connectivity index (χ3v) is 4.33. The second kappa shape index (κ2) is 9.34. The van der Waals surface area contributed by atoms with Crippen LogP contribution in [0.25, 0.3) is 0 Å². The van der Waals surface area contributed by atoms with Gasteiger partial charge in [0.05, 0.1) is 0 Å². The molecule has 5 heteroatoms. The third kappa shape index (κ3) is 5.85. The number of nitrogens with zero attached hydrogens (tertiary/aromatic N) is 2. The first-order valence-electron chi connectivity index (χ1n) is 8.73. The lowest BCUT2D eigenvalue weighted by molar-refractivity contribution is -0.134. The lowest BCUT2D eigenvalue weighted by atomic mass is 10.1. The molecule has 0 radical (unpaired) electrons. The van der Waals surface area contributed by atoms with Crippen molar-refractivity contribution in [3.05, 3.63) is 65.0 Å². The van der Waals surface area contributed by atoms with Crippen molar-refractivity contribution in [2.24, 2.45) is 0 Å². The van der Waals surface area contributed by atoms with Crippen LogP contribution < -0.4 is 4.74 Å². The van der Waals surface area contributed by atoms with E-state index in [1.165, 1.54) is 11.6 Å². The first-order chi connectivity index (χ1) is 12.4. The van der Waals surface area contributed by atoms with E-state index < -0.39 is 0 Å². The van der Waals surface area contributed by atoms with Gasteiger partial charge in [-0.2, -0.15) is 0 Å². The summed E-state index contributed by atoms with van der Waals surface area (Å²) in [5, 5.41) is 0. The van der Waals surface area contributed by atoms with Gasteiger partial charge in [0.2, 0.25) is 0 Å². The fourth-order valence-electron chi connectivity index (χ4n) is 2.48. The highest BCUT2D eigenvalue weighted by Crippen LogP contribution is 2.17. The number of hydrogen-bond donors (Lipinski definition) is 0. The van der Waals surface area contributed by atoms with Gasteiger partial charge in [0, 0.05) is 25.2 Å². The van der Waals surface area contributed by atoms with Crippen molar-refractivity contribution < 1.29 is 13.9 Å². The highest BCUT2D eigenvalue weighted by molar-refractivity contribution is 5.77. The predicted molar refractivity (Wildman–Crippen MR) is 102 cm³/mol. The van der Waals surface area contributed by atoms with Gasteiger partial charge in [0.1, 0.15) is 11.6 Å². The Labute approximate surface area is 155 Å². The summed E-state index contributed by atoms with van der Waals surface area (Å²) in [6.07, 6.45) is 0. The number of likely N-dealkylation sites (N-methyl/N-ethyl adjacent to an activating group) is 1. The quantitative estimate of drug-likeness (QED) is 0.725. The van der Waals surface area contributed by atoms with Crippen LogP contribution in [0.3, 0.4) is 0 Å². The molecule has 0 aliphatic carbocycles. The second-order valence-electron chi connectivity index (χ2n) is 6.74. The summed E-state index contributed by atoms with van der Waals surface area (Å²) in [6, 6.07) is 12.3. The Morgan fingerprint density at radius 2 is 1.77 bits per heavy atom. The number of amides is 1. The molecule has 0 unspecified atom stereocenters. The zero-order valence-corrected chi connectivity index (χ0v) is 16.0. The van der Waals surface area contributed by atoms with Gasteiger partial charge < -0.3 is 14.5 Å². The number of aryl methyl sites for hydroxylation is 2. The number of hydrogen-bond acceptors (Lipinski definition) is 3. The summed E-state index contributed by atoms with van der Waals surface area (Å²) in [5.74, 6) is 0.207. The zero-order chi connectivity index (χ0) is 19.1. The Morgan fingerprint density at radius 1 is 1.04 bits per heavy atom. The van der Waals surface area contributed by atoms with Crippen LogP contribution in [-0.4, -0.2) is 49.5 Å². The van der Waals surface area contributed by atoms with Gasteiger partial charge in [-0.05, 0) is 57.3 Å². The van der Waals surface area contributed by atoms with Crippen LogP contribution >= 0.6 is 0 Å². The van der Waals surface area contributed by atoms with E-state index in [-0.39, 0.29) is 24.9 Å². The Kier molecular flexibility index (Phi) is 7.16. The van der Waals surface area contributed by atoms with Crippen LogP contribution in [0.1, 0.15) is 16.7 Å². The van der Waals surface area contributed by atoms with Crippen molar-refractivity contribution in [2.45, 2.75) is 20.4 Å². The number of rotatable bonds is 8. The normalized spacial score (nSPS) is 10.8. The highest BCUT2D eigenvalue weighted by atomic mass is 19.1. The molecule has 0 atom stereocenters. The van der Waals surface area contributed by atoms with E-state index >= 15 is 0 Å². The largest absolute Gasteiger partial charge is 0.484 e. The van der Waals surface area contributed by atoms with Crippen LogP contribution in [0.15, 0.2) is 42.5 Å². The van der Waals surface area contributed by atoms with E-state index in [4.69, 9.17) is 4.74 Å². The molecule has 4 nitrogen and oxygen atoms in total. The summed E-state index contributed by atoms with van der Waals surface area (Å²) < 4.78 is 19.6. The lowest BCUT2D eigenvalue weighted by Crippen LogP contribution is -2.39. The molecule has 0 fully saturated rings. The van der Waals surface area contributed by atoms with E-state index in [0.717, 1.165) is 5.56 Å². The van der Waals surface area contributed by atoms with Gasteiger partial charge in [-0.25, -0.2) is 4.39 Å². The minimum Gasteiger partial charge on any atom is -0.484 e. The second-order valence-corrected chi connectivity index (χ2v) is 6.74. The van der Waals surface area contributed by atoms with Gasteiger partial charge in [-0.15, -0.1) is 0 Å². The topological polar surface area (TPSA) is 32.8 Å². The number of ether oxygens (including phenoxy) is 1. The van der Waals surface area contributed by atoms with Crippen molar-refractivity contribution in [3.63, 3.8) is 0 Å². The van der Waals surface area contributed by atoms with Crippen LogP contribution in [-0.2, 0) is 11.3 Å². The summed E-state index contributed by atoms with van der Waals surface area (Å²) in [6.45, 7) is 5.41. The van der Waals surface area contributed by atoms with Crippen molar-refractivity contribution in [2.75, 3.05) is 33.8 Å². The monoisotopic (exact) mass is 358 g/mol. The molecule has 2 aromatic rings. The molecule has 0 N–H and O–H groups in total. The fraction of sp³-hybridized carbons (Fsp3) is 0.381. The molecule has 0 aromatic heterocycles. The summed E-state index contributed by atoms with van der Waals surface area (Å²) in [5.41, 5.74) is 2.80. The van der Waals surface area contributed by atoms with Crippen molar-refractivity contribution >= 4 is 5.91 Å². The molecule has 26 heavy (non-hydrogen) atoms. The average Bonchev–Trinajstić information content (AvgIpc) is 2.60. The average molecular weight is 358 g/mol. The third-order valence-electron chi connectivity index (χ3n) is 4.33. The fourth-order valence-corrected chi connectivity index (χ4v) is 2.48. The number of carbonyl (C=O) groups is 1. The molecular weight excluding hydrogens is 331 g/mol. The minimum atomic E-state index is -0.301. The molecule has 0 saturated heterocycles. The standard InChI is InChI=1S/C21H27FN2O2/c1-16-9-10-19(13-17(16)2)26-15-21(25)24(12-11-23(3)4)14-18-7-5-6-8-20(18)22/h5-10,13H,11-12,14-15H2,1-4H3. The molecule has 0 aliphatic heterocycles. The van der Waals surface area contributed by atoms with E-state index in [1.807, 2.05) is 51.0 Å². The van der Waals surface area contributed by atoms with Crippen LogP contribution in [0, 0.1) is 19.7 Å². The highest BCUT2D eigenvalue weighted by Gasteiger charge is 2.17. The van der Waals surface area contributed by atoms with Crippen molar-refractivity contribution in [3.8, 4) is 5.75 Å². The smallest absolute Gasteiger partial charge is 0.260 e. The van der Waals surface area contributed by atoms with Gasteiger partial charge in [0.25, 0.3) is 5.91 Å². The minimum absolute atomic E-state index is 0.0651. The lowest BCUT2D eigenvalue weighted by Gasteiger charge is -2.25. The molecule has 0 aliphatic rings. The zero-order valence-electron chi connectivity index (χ0n) is 16.0. The molecule has 0 heterocycles. The van der Waals surface area contributed by atoms with Crippen LogP contribution in [0.5, 0.6) is 5.75 Å². The molecule has 2 rings (SSSR count). The molecule has 0 bridgehead atoms. The van der Waals surface area contributed by atoms with Crippen LogP contribution in [0.4, 0.5) is 4.39 Å². The first kappa shape index (κ1) is 19.9. The molecular formula is C21H27FN2O2.